The molecule has 2 N–H and O–H groups in total. The van der Waals surface area contributed by atoms with Gasteiger partial charge in [-0.25, -0.2) is 4.39 Å². The molecule has 0 aliphatic carbocycles. The van der Waals surface area contributed by atoms with Gasteiger partial charge in [0.25, 0.3) is 5.91 Å². The molecule has 0 aromatic heterocycles. The van der Waals surface area contributed by atoms with Crippen molar-refractivity contribution in [2.24, 2.45) is 0 Å². The molecule has 1 atom stereocenters. The first kappa shape index (κ1) is 23.6. The highest BCUT2D eigenvalue weighted by Gasteiger charge is 2.36. The number of rotatable bonds is 8. The number of nitrogens with one attached hydrogen (secondary N) is 2. The van der Waals surface area contributed by atoms with E-state index >= 15 is 0 Å². The highest BCUT2D eigenvalue weighted by atomic mass is 19.1. The van der Waals surface area contributed by atoms with Gasteiger partial charge in [-0.05, 0) is 48.2 Å². The molecule has 2 amide bonds. The second kappa shape index (κ2) is 11.1. The molecule has 1 saturated heterocycles. The molecule has 0 spiro atoms. The van der Waals surface area contributed by atoms with Crippen molar-refractivity contribution < 1.29 is 18.7 Å². The first-order chi connectivity index (χ1) is 16.6. The van der Waals surface area contributed by atoms with Gasteiger partial charge in [-0.3, -0.25) is 9.59 Å². The number of halogens is 1. The van der Waals surface area contributed by atoms with E-state index in [0.717, 1.165) is 11.1 Å². The van der Waals surface area contributed by atoms with Crippen molar-refractivity contribution in [3.05, 3.63) is 107 Å². The fraction of sp³-hybridized carbons (Fsp3) is 0.286. The molecule has 1 aliphatic heterocycles. The number of benzene rings is 3. The molecule has 0 bridgehead atoms. The van der Waals surface area contributed by atoms with Crippen LogP contribution in [0.4, 0.5) is 4.39 Å². The molecule has 3 aromatic carbocycles. The third-order valence-electron chi connectivity index (χ3n) is 6.43. The lowest BCUT2D eigenvalue weighted by atomic mass is 9.74. The van der Waals surface area contributed by atoms with Crippen LogP contribution >= 0.6 is 0 Å². The Bertz CT molecular complexity index is 1100. The smallest absolute Gasteiger partial charge is 0.251 e. The van der Waals surface area contributed by atoms with Crippen molar-refractivity contribution >= 4 is 11.8 Å². The standard InChI is InChI=1S/C28H29FN2O3/c29-24-13-7-12-23(19-24)28(14-16-34-17-15-28)20-30-27(33)25(18-21-8-3-1-4-9-21)31-26(32)22-10-5-2-6-11-22/h1-13,19,25H,14-18,20H2,(H,30,33)(H,31,32). The number of carbonyl (C=O) groups excluding carboxylic acids is 2. The molecule has 4 rings (SSSR count). The number of hydrogen-bond donors (Lipinski definition) is 2. The summed E-state index contributed by atoms with van der Waals surface area (Å²) in [5.41, 5.74) is 1.87. The zero-order valence-corrected chi connectivity index (χ0v) is 19.0. The van der Waals surface area contributed by atoms with E-state index in [1.165, 1.54) is 12.1 Å². The minimum atomic E-state index is -0.750. The molecule has 1 heterocycles. The Hall–Kier alpha value is -3.51. The first-order valence-corrected chi connectivity index (χ1v) is 11.6. The Balaban J connectivity index is 1.52. The first-order valence-electron chi connectivity index (χ1n) is 11.6. The van der Waals surface area contributed by atoms with E-state index in [4.69, 9.17) is 4.74 Å². The number of hydrogen-bond acceptors (Lipinski definition) is 3. The van der Waals surface area contributed by atoms with Crippen molar-refractivity contribution in [3.8, 4) is 0 Å². The van der Waals surface area contributed by atoms with E-state index in [-0.39, 0.29) is 17.6 Å². The summed E-state index contributed by atoms with van der Waals surface area (Å²) in [5, 5.41) is 5.95. The van der Waals surface area contributed by atoms with Crippen LogP contribution < -0.4 is 10.6 Å². The lowest BCUT2D eigenvalue weighted by molar-refractivity contribution is -0.123. The summed E-state index contributed by atoms with van der Waals surface area (Å²) in [5.74, 6) is -0.871. The van der Waals surface area contributed by atoms with Gasteiger partial charge in [0.2, 0.25) is 5.91 Å². The monoisotopic (exact) mass is 460 g/mol. The normalized spacial score (nSPS) is 15.8. The van der Waals surface area contributed by atoms with Gasteiger partial charge in [-0.1, -0.05) is 60.7 Å². The second-order valence-electron chi connectivity index (χ2n) is 8.70. The van der Waals surface area contributed by atoms with Crippen LogP contribution in [0.1, 0.15) is 34.3 Å². The molecular weight excluding hydrogens is 431 g/mol. The van der Waals surface area contributed by atoms with E-state index in [1.54, 1.807) is 30.3 Å². The summed E-state index contributed by atoms with van der Waals surface area (Å²) in [6, 6.07) is 24.2. The van der Waals surface area contributed by atoms with E-state index in [9.17, 15) is 14.0 Å². The predicted octanol–water partition coefficient (Wildman–Crippen LogP) is 4.03. The zero-order chi connectivity index (χ0) is 23.8. The minimum absolute atomic E-state index is 0.268. The number of carbonyl (C=O) groups is 2. The average Bonchev–Trinajstić information content (AvgIpc) is 2.88. The Morgan fingerprint density at radius 3 is 2.26 bits per heavy atom. The Morgan fingerprint density at radius 1 is 0.912 bits per heavy atom. The molecular formula is C28H29FN2O3. The molecule has 0 radical (unpaired) electrons. The Kier molecular flexibility index (Phi) is 7.70. The van der Waals surface area contributed by atoms with Crippen molar-refractivity contribution in [1.82, 2.24) is 10.6 Å². The second-order valence-corrected chi connectivity index (χ2v) is 8.70. The van der Waals surface area contributed by atoms with Crippen molar-refractivity contribution in [1.29, 1.82) is 0 Å². The quantitative estimate of drug-likeness (QED) is 0.533. The Labute approximate surface area is 199 Å². The molecule has 5 nitrogen and oxygen atoms in total. The van der Waals surface area contributed by atoms with Crippen molar-refractivity contribution in [3.63, 3.8) is 0 Å². The van der Waals surface area contributed by atoms with Crippen LogP contribution in [-0.4, -0.2) is 37.6 Å². The van der Waals surface area contributed by atoms with Crippen LogP contribution in [0.3, 0.4) is 0 Å². The van der Waals surface area contributed by atoms with Gasteiger partial charge in [-0.15, -0.1) is 0 Å². The van der Waals surface area contributed by atoms with E-state index in [0.29, 0.717) is 44.6 Å². The molecule has 34 heavy (non-hydrogen) atoms. The van der Waals surface area contributed by atoms with Crippen LogP contribution in [0.5, 0.6) is 0 Å². The highest BCUT2D eigenvalue weighted by molar-refractivity contribution is 5.97. The third-order valence-corrected chi connectivity index (χ3v) is 6.43. The van der Waals surface area contributed by atoms with Gasteiger partial charge >= 0.3 is 0 Å². The molecule has 1 fully saturated rings. The molecule has 0 saturated carbocycles. The minimum Gasteiger partial charge on any atom is -0.381 e. The summed E-state index contributed by atoms with van der Waals surface area (Å²) in [6.45, 7) is 1.43. The fourth-order valence-corrected chi connectivity index (χ4v) is 4.42. The van der Waals surface area contributed by atoms with Gasteiger partial charge in [0.1, 0.15) is 11.9 Å². The van der Waals surface area contributed by atoms with Crippen LogP contribution in [0.25, 0.3) is 0 Å². The van der Waals surface area contributed by atoms with Gasteiger partial charge in [0.15, 0.2) is 0 Å². The maximum Gasteiger partial charge on any atom is 0.251 e. The average molecular weight is 461 g/mol. The molecule has 176 valence electrons. The Morgan fingerprint density at radius 2 is 1.59 bits per heavy atom. The van der Waals surface area contributed by atoms with E-state index in [2.05, 4.69) is 10.6 Å². The maximum absolute atomic E-state index is 14.0. The topological polar surface area (TPSA) is 67.4 Å². The van der Waals surface area contributed by atoms with Gasteiger partial charge < -0.3 is 15.4 Å². The largest absolute Gasteiger partial charge is 0.381 e. The summed E-state index contributed by atoms with van der Waals surface area (Å²) in [7, 11) is 0. The van der Waals surface area contributed by atoms with Gasteiger partial charge in [0, 0.05) is 37.2 Å². The van der Waals surface area contributed by atoms with Crippen LogP contribution in [-0.2, 0) is 21.4 Å². The summed E-state index contributed by atoms with van der Waals surface area (Å²) in [4.78, 5) is 26.2. The number of amides is 2. The SMILES string of the molecule is O=C(NC(Cc1ccccc1)C(=O)NCC1(c2cccc(F)c2)CCOCC1)c1ccccc1. The predicted molar refractivity (Wildman–Crippen MR) is 129 cm³/mol. The lowest BCUT2D eigenvalue weighted by Crippen LogP contribution is -2.52. The van der Waals surface area contributed by atoms with Crippen molar-refractivity contribution in [2.45, 2.75) is 30.7 Å². The van der Waals surface area contributed by atoms with Gasteiger partial charge in [0.05, 0.1) is 0 Å². The van der Waals surface area contributed by atoms with Gasteiger partial charge in [-0.2, -0.15) is 0 Å². The third kappa shape index (κ3) is 5.88. The van der Waals surface area contributed by atoms with Crippen LogP contribution in [0, 0.1) is 5.82 Å². The molecule has 3 aromatic rings. The molecule has 6 heteroatoms. The number of ether oxygens (including phenoxy) is 1. The molecule has 1 aliphatic rings. The molecule has 1 unspecified atom stereocenters. The summed E-state index contributed by atoms with van der Waals surface area (Å²) < 4.78 is 19.5. The summed E-state index contributed by atoms with van der Waals surface area (Å²) >= 11 is 0. The zero-order valence-electron chi connectivity index (χ0n) is 19.0. The van der Waals surface area contributed by atoms with Crippen molar-refractivity contribution in [2.75, 3.05) is 19.8 Å². The van der Waals surface area contributed by atoms with Crippen LogP contribution in [0.15, 0.2) is 84.9 Å². The summed E-state index contributed by atoms with van der Waals surface area (Å²) in [6.07, 6.45) is 1.72. The highest BCUT2D eigenvalue weighted by Crippen LogP contribution is 2.34. The lowest BCUT2D eigenvalue weighted by Gasteiger charge is -2.38. The van der Waals surface area contributed by atoms with E-state index < -0.39 is 11.5 Å². The maximum atomic E-state index is 14.0. The van der Waals surface area contributed by atoms with Crippen LogP contribution in [0.2, 0.25) is 0 Å². The van der Waals surface area contributed by atoms with E-state index in [1.807, 2.05) is 42.5 Å². The fourth-order valence-electron chi connectivity index (χ4n) is 4.42.